The maximum absolute atomic E-state index is 11.8. The molecule has 120 valence electrons. The summed E-state index contributed by atoms with van der Waals surface area (Å²) < 4.78 is 5.62. The second-order valence-electron chi connectivity index (χ2n) is 5.09. The minimum Gasteiger partial charge on any atom is -0.491 e. The Hall–Kier alpha value is -1.26. The molecule has 2 N–H and O–H groups in total. The summed E-state index contributed by atoms with van der Waals surface area (Å²) in [7, 11) is 0. The Morgan fingerprint density at radius 3 is 2.67 bits per heavy atom. The van der Waals surface area contributed by atoms with E-state index >= 15 is 0 Å². The Labute approximate surface area is 134 Å². The number of ether oxygens (including phenoxy) is 1. The molecule has 0 spiro atoms. The van der Waals surface area contributed by atoms with Crippen LogP contribution in [-0.4, -0.2) is 31.6 Å². The number of halogens is 1. The van der Waals surface area contributed by atoms with E-state index in [4.69, 9.17) is 4.74 Å². The molecule has 1 rings (SSSR count). The molecule has 0 saturated carbocycles. The normalized spacial score (nSPS) is 10.1. The molecule has 0 fully saturated rings. The smallest absolute Gasteiger partial charge is 0.224 e. The predicted molar refractivity (Wildman–Crippen MR) is 89.3 cm³/mol. The minimum absolute atomic E-state index is 0. The van der Waals surface area contributed by atoms with Crippen LogP contribution in [0.5, 0.6) is 5.75 Å². The van der Waals surface area contributed by atoms with E-state index in [9.17, 15) is 4.79 Å². The van der Waals surface area contributed by atoms with Crippen molar-refractivity contribution in [3.05, 3.63) is 29.8 Å². The van der Waals surface area contributed by atoms with E-state index in [-0.39, 0.29) is 24.4 Å². The van der Waals surface area contributed by atoms with Crippen molar-refractivity contribution in [1.29, 1.82) is 0 Å². The van der Waals surface area contributed by atoms with Crippen LogP contribution in [0.3, 0.4) is 0 Å². The van der Waals surface area contributed by atoms with Gasteiger partial charge in [0.2, 0.25) is 5.91 Å². The first-order chi connectivity index (χ1) is 9.61. The molecule has 0 aromatic heterocycles. The maximum Gasteiger partial charge on any atom is 0.224 e. The largest absolute Gasteiger partial charge is 0.491 e. The summed E-state index contributed by atoms with van der Waals surface area (Å²) in [5.41, 5.74) is 0.974. The molecule has 0 heterocycles. The van der Waals surface area contributed by atoms with Gasteiger partial charge in [0.25, 0.3) is 0 Å². The highest BCUT2D eigenvalue weighted by Gasteiger charge is 2.04. The van der Waals surface area contributed by atoms with Crippen LogP contribution in [-0.2, 0) is 11.2 Å². The van der Waals surface area contributed by atoms with E-state index in [1.807, 2.05) is 38.1 Å². The van der Waals surface area contributed by atoms with Gasteiger partial charge in [0.05, 0.1) is 12.5 Å². The third kappa shape index (κ3) is 9.32. The monoisotopic (exact) mass is 314 g/mol. The fourth-order valence-corrected chi connectivity index (χ4v) is 1.84. The second-order valence-corrected chi connectivity index (χ2v) is 5.09. The number of rotatable bonds is 9. The standard InChI is InChI=1S/C16H26N2O2.ClH/c1-4-8-17-9-10-18-16(19)12-14-6-5-7-15(11-14)20-13(2)3;/h5-7,11,13,17H,4,8-10,12H2,1-3H3,(H,18,19);1H. The average molecular weight is 315 g/mol. The molecule has 0 unspecified atom stereocenters. The highest BCUT2D eigenvalue weighted by Crippen LogP contribution is 2.15. The van der Waals surface area contributed by atoms with E-state index < -0.39 is 0 Å². The predicted octanol–water partition coefficient (Wildman–Crippen LogP) is 2.55. The summed E-state index contributed by atoms with van der Waals surface area (Å²) in [6.45, 7) is 8.57. The van der Waals surface area contributed by atoms with Gasteiger partial charge in [-0.1, -0.05) is 19.1 Å². The van der Waals surface area contributed by atoms with Gasteiger partial charge in [0, 0.05) is 13.1 Å². The molecule has 1 aromatic carbocycles. The maximum atomic E-state index is 11.8. The van der Waals surface area contributed by atoms with Gasteiger partial charge < -0.3 is 15.4 Å². The number of carbonyl (C=O) groups is 1. The Balaban J connectivity index is 0.00000400. The van der Waals surface area contributed by atoms with Crippen molar-refractivity contribution in [3.8, 4) is 5.75 Å². The number of carbonyl (C=O) groups excluding carboxylic acids is 1. The molecule has 0 aliphatic carbocycles. The van der Waals surface area contributed by atoms with E-state index in [2.05, 4.69) is 17.6 Å². The van der Waals surface area contributed by atoms with Gasteiger partial charge in [0.15, 0.2) is 0 Å². The SMILES string of the molecule is CCCNCCNC(=O)Cc1cccc(OC(C)C)c1.Cl. The number of nitrogens with one attached hydrogen (secondary N) is 2. The lowest BCUT2D eigenvalue weighted by Crippen LogP contribution is -2.33. The zero-order valence-electron chi connectivity index (χ0n) is 13.1. The fourth-order valence-electron chi connectivity index (χ4n) is 1.84. The van der Waals surface area contributed by atoms with Crippen LogP contribution in [0.2, 0.25) is 0 Å². The van der Waals surface area contributed by atoms with Gasteiger partial charge in [-0.3, -0.25) is 4.79 Å². The molecular formula is C16H27ClN2O2. The number of hydrogen-bond donors (Lipinski definition) is 2. The first kappa shape index (κ1) is 19.7. The molecule has 1 aromatic rings. The van der Waals surface area contributed by atoms with Crippen LogP contribution < -0.4 is 15.4 Å². The summed E-state index contributed by atoms with van der Waals surface area (Å²) in [5, 5.41) is 6.16. The van der Waals surface area contributed by atoms with Crippen molar-refractivity contribution in [1.82, 2.24) is 10.6 Å². The molecule has 5 heteroatoms. The fraction of sp³-hybridized carbons (Fsp3) is 0.562. The molecule has 21 heavy (non-hydrogen) atoms. The Kier molecular flexibility index (Phi) is 10.7. The van der Waals surface area contributed by atoms with Crippen molar-refractivity contribution >= 4 is 18.3 Å². The van der Waals surface area contributed by atoms with Gasteiger partial charge in [-0.2, -0.15) is 0 Å². The molecule has 0 radical (unpaired) electrons. The summed E-state index contributed by atoms with van der Waals surface area (Å²) in [4.78, 5) is 11.8. The van der Waals surface area contributed by atoms with Crippen LogP contribution in [0, 0.1) is 0 Å². The zero-order valence-corrected chi connectivity index (χ0v) is 14.0. The topological polar surface area (TPSA) is 50.4 Å². The van der Waals surface area contributed by atoms with Crippen LogP contribution in [0.4, 0.5) is 0 Å². The third-order valence-electron chi connectivity index (χ3n) is 2.69. The molecule has 4 nitrogen and oxygen atoms in total. The average Bonchev–Trinajstić information content (AvgIpc) is 2.38. The molecule has 0 aliphatic rings. The molecule has 0 saturated heterocycles. The highest BCUT2D eigenvalue weighted by atomic mass is 35.5. The molecular weight excluding hydrogens is 288 g/mol. The Morgan fingerprint density at radius 2 is 2.00 bits per heavy atom. The van der Waals surface area contributed by atoms with Crippen LogP contribution in [0.25, 0.3) is 0 Å². The summed E-state index contributed by atoms with van der Waals surface area (Å²) in [5.74, 6) is 0.861. The molecule has 0 aliphatic heterocycles. The van der Waals surface area contributed by atoms with Gasteiger partial charge in [-0.05, 0) is 44.5 Å². The third-order valence-corrected chi connectivity index (χ3v) is 2.69. The van der Waals surface area contributed by atoms with Crippen molar-refractivity contribution in [2.24, 2.45) is 0 Å². The van der Waals surface area contributed by atoms with E-state index in [1.54, 1.807) is 0 Å². The van der Waals surface area contributed by atoms with E-state index in [0.717, 1.165) is 30.8 Å². The Bertz CT molecular complexity index is 411. The first-order valence-electron chi connectivity index (χ1n) is 7.34. The molecule has 0 bridgehead atoms. The lowest BCUT2D eigenvalue weighted by Gasteiger charge is -2.11. The zero-order chi connectivity index (χ0) is 14.8. The number of benzene rings is 1. The summed E-state index contributed by atoms with van der Waals surface area (Å²) >= 11 is 0. The highest BCUT2D eigenvalue weighted by molar-refractivity contribution is 5.85. The van der Waals surface area contributed by atoms with Crippen LogP contribution >= 0.6 is 12.4 Å². The van der Waals surface area contributed by atoms with Crippen LogP contribution in [0.1, 0.15) is 32.8 Å². The second kappa shape index (κ2) is 11.4. The van der Waals surface area contributed by atoms with E-state index in [0.29, 0.717) is 13.0 Å². The summed E-state index contributed by atoms with van der Waals surface area (Å²) in [6.07, 6.45) is 1.64. The molecule has 0 atom stereocenters. The van der Waals surface area contributed by atoms with Gasteiger partial charge >= 0.3 is 0 Å². The Morgan fingerprint density at radius 1 is 1.24 bits per heavy atom. The number of hydrogen-bond acceptors (Lipinski definition) is 3. The molecule has 1 amide bonds. The first-order valence-corrected chi connectivity index (χ1v) is 7.34. The quantitative estimate of drug-likeness (QED) is 0.689. The number of amides is 1. The lowest BCUT2D eigenvalue weighted by molar-refractivity contribution is -0.120. The summed E-state index contributed by atoms with van der Waals surface area (Å²) in [6, 6.07) is 7.70. The van der Waals surface area contributed by atoms with Crippen molar-refractivity contribution in [2.75, 3.05) is 19.6 Å². The van der Waals surface area contributed by atoms with Crippen molar-refractivity contribution in [3.63, 3.8) is 0 Å². The van der Waals surface area contributed by atoms with Gasteiger partial charge in [0.1, 0.15) is 5.75 Å². The minimum atomic E-state index is 0. The van der Waals surface area contributed by atoms with Crippen molar-refractivity contribution in [2.45, 2.75) is 39.7 Å². The van der Waals surface area contributed by atoms with E-state index in [1.165, 1.54) is 0 Å². The van der Waals surface area contributed by atoms with Crippen molar-refractivity contribution < 1.29 is 9.53 Å². The lowest BCUT2D eigenvalue weighted by atomic mass is 10.1. The van der Waals surface area contributed by atoms with Crippen LogP contribution in [0.15, 0.2) is 24.3 Å². The van der Waals surface area contributed by atoms with Gasteiger partial charge in [-0.25, -0.2) is 0 Å². The van der Waals surface area contributed by atoms with Gasteiger partial charge in [-0.15, -0.1) is 12.4 Å².